The number of amides is 2. The molecule has 0 aliphatic heterocycles. The maximum absolute atomic E-state index is 12.0. The molecule has 1 atom stereocenters. The number of carboxylic acid groups (broad SMARTS) is 1. The molecule has 2 rings (SSSR count). The molecule has 2 aromatic rings. The molecule has 0 radical (unpaired) electrons. The lowest BCUT2D eigenvalue weighted by Crippen LogP contribution is -2.38. The van der Waals surface area contributed by atoms with Gasteiger partial charge in [0, 0.05) is 11.3 Å². The Balaban J connectivity index is 1.87. The fraction of sp³-hybridized carbons (Fsp3) is 0.250. The lowest BCUT2D eigenvalue weighted by molar-refractivity contribution is -0.138. The third kappa shape index (κ3) is 5.73. The van der Waals surface area contributed by atoms with Crippen LogP contribution in [0, 0.1) is 6.92 Å². The number of methoxy groups -OCH3 is 1. The lowest BCUT2D eigenvalue weighted by atomic mass is 10.2. The number of aryl methyl sites for hydroxylation is 1. The number of nitrogens with one attached hydrogen (secondary N) is 2. The van der Waals surface area contributed by atoms with E-state index < -0.39 is 17.9 Å². The van der Waals surface area contributed by atoms with Crippen LogP contribution in [0.1, 0.15) is 22.8 Å². The van der Waals surface area contributed by atoms with E-state index in [0.717, 1.165) is 11.3 Å². The summed E-state index contributed by atoms with van der Waals surface area (Å²) in [5.74, 6) is -0.702. The largest absolute Gasteiger partial charge is 0.496 e. The standard InChI is InChI=1S/C20H22N2O6/c1-12-10-16(8-9-17(12)27-3)28-11-18(23)22-15-6-4-14(5-7-15)19(24)21-13(2)20(25)26/h4-10,13H,11H2,1-3H3,(H,21,24)(H,22,23)(H,25,26). The van der Waals surface area contributed by atoms with Crippen LogP contribution in [0.5, 0.6) is 11.5 Å². The Hall–Kier alpha value is -3.55. The molecule has 0 aliphatic rings. The van der Waals surface area contributed by atoms with Crippen molar-refractivity contribution in [2.24, 2.45) is 0 Å². The van der Waals surface area contributed by atoms with E-state index in [4.69, 9.17) is 14.6 Å². The second-order valence-corrected chi connectivity index (χ2v) is 6.08. The van der Waals surface area contributed by atoms with Crippen LogP contribution in [-0.4, -0.2) is 42.6 Å². The second-order valence-electron chi connectivity index (χ2n) is 6.08. The second kappa shape index (κ2) is 9.40. The smallest absolute Gasteiger partial charge is 0.325 e. The lowest BCUT2D eigenvalue weighted by Gasteiger charge is -2.11. The van der Waals surface area contributed by atoms with E-state index in [0.29, 0.717) is 11.4 Å². The van der Waals surface area contributed by atoms with Crippen LogP contribution in [0.4, 0.5) is 5.69 Å². The van der Waals surface area contributed by atoms with Crippen LogP contribution < -0.4 is 20.1 Å². The fourth-order valence-electron chi connectivity index (χ4n) is 2.33. The van der Waals surface area contributed by atoms with Gasteiger partial charge >= 0.3 is 5.97 Å². The van der Waals surface area contributed by atoms with Crippen LogP contribution >= 0.6 is 0 Å². The van der Waals surface area contributed by atoms with Gasteiger partial charge in [0.2, 0.25) is 0 Å². The van der Waals surface area contributed by atoms with Crippen molar-refractivity contribution in [2.75, 3.05) is 19.0 Å². The molecular formula is C20H22N2O6. The van der Waals surface area contributed by atoms with Gasteiger partial charge in [-0.1, -0.05) is 0 Å². The van der Waals surface area contributed by atoms with E-state index in [1.807, 2.05) is 6.92 Å². The number of rotatable bonds is 8. The molecule has 0 heterocycles. The number of carboxylic acids is 1. The van der Waals surface area contributed by atoms with E-state index in [2.05, 4.69) is 10.6 Å². The summed E-state index contributed by atoms with van der Waals surface area (Å²) < 4.78 is 10.6. The minimum Gasteiger partial charge on any atom is -0.496 e. The van der Waals surface area contributed by atoms with Crippen LogP contribution in [0.3, 0.4) is 0 Å². The summed E-state index contributed by atoms with van der Waals surface area (Å²) in [5.41, 5.74) is 1.67. The fourth-order valence-corrected chi connectivity index (χ4v) is 2.33. The molecule has 28 heavy (non-hydrogen) atoms. The Morgan fingerprint density at radius 2 is 1.79 bits per heavy atom. The highest BCUT2D eigenvalue weighted by Gasteiger charge is 2.15. The van der Waals surface area contributed by atoms with Gasteiger partial charge in [-0.25, -0.2) is 0 Å². The van der Waals surface area contributed by atoms with Gasteiger partial charge in [0.05, 0.1) is 7.11 Å². The number of carbonyl (C=O) groups is 3. The van der Waals surface area contributed by atoms with Crippen LogP contribution in [-0.2, 0) is 9.59 Å². The number of aliphatic carboxylic acids is 1. The average Bonchev–Trinajstić information content (AvgIpc) is 2.66. The van der Waals surface area contributed by atoms with Gasteiger partial charge in [0.25, 0.3) is 11.8 Å². The zero-order chi connectivity index (χ0) is 20.7. The summed E-state index contributed by atoms with van der Waals surface area (Å²) in [7, 11) is 1.58. The van der Waals surface area contributed by atoms with Gasteiger partial charge in [-0.05, 0) is 61.9 Å². The highest BCUT2D eigenvalue weighted by Crippen LogP contribution is 2.22. The molecule has 0 spiro atoms. The normalized spacial score (nSPS) is 11.2. The first kappa shape index (κ1) is 20.8. The third-order valence-electron chi connectivity index (χ3n) is 3.89. The number of benzene rings is 2. The highest BCUT2D eigenvalue weighted by atomic mass is 16.5. The van der Waals surface area contributed by atoms with Gasteiger partial charge in [0.15, 0.2) is 6.61 Å². The van der Waals surface area contributed by atoms with Crippen LogP contribution in [0.15, 0.2) is 42.5 Å². The first-order valence-electron chi connectivity index (χ1n) is 8.51. The molecule has 0 aliphatic carbocycles. The zero-order valence-electron chi connectivity index (χ0n) is 15.8. The van der Waals surface area contributed by atoms with Crippen molar-refractivity contribution in [3.05, 3.63) is 53.6 Å². The van der Waals surface area contributed by atoms with E-state index in [9.17, 15) is 14.4 Å². The number of ether oxygens (including phenoxy) is 2. The summed E-state index contributed by atoms with van der Waals surface area (Å²) in [4.78, 5) is 34.7. The maximum Gasteiger partial charge on any atom is 0.325 e. The Morgan fingerprint density at radius 3 is 2.36 bits per heavy atom. The molecule has 148 valence electrons. The monoisotopic (exact) mass is 386 g/mol. The van der Waals surface area contributed by atoms with Crippen molar-refractivity contribution in [1.29, 1.82) is 0 Å². The van der Waals surface area contributed by atoms with Crippen molar-refractivity contribution in [3.8, 4) is 11.5 Å². The van der Waals surface area contributed by atoms with Crippen molar-refractivity contribution >= 4 is 23.5 Å². The molecule has 0 bridgehead atoms. The summed E-state index contributed by atoms with van der Waals surface area (Å²) >= 11 is 0. The Bertz CT molecular complexity index is 863. The molecule has 3 N–H and O–H groups in total. The Morgan fingerprint density at radius 1 is 1.11 bits per heavy atom. The van der Waals surface area contributed by atoms with Crippen molar-refractivity contribution in [3.63, 3.8) is 0 Å². The molecule has 0 saturated heterocycles. The summed E-state index contributed by atoms with van der Waals surface area (Å²) in [6.07, 6.45) is 0. The summed E-state index contributed by atoms with van der Waals surface area (Å²) in [6.45, 7) is 3.07. The summed E-state index contributed by atoms with van der Waals surface area (Å²) in [6, 6.07) is 10.3. The van der Waals surface area contributed by atoms with Gasteiger partial charge in [-0.15, -0.1) is 0 Å². The molecule has 2 aromatic carbocycles. The molecule has 1 unspecified atom stereocenters. The van der Waals surface area contributed by atoms with Crippen molar-refractivity contribution in [1.82, 2.24) is 5.32 Å². The highest BCUT2D eigenvalue weighted by molar-refractivity contribution is 5.97. The van der Waals surface area contributed by atoms with E-state index in [1.165, 1.54) is 19.1 Å². The van der Waals surface area contributed by atoms with Gasteiger partial charge in [0.1, 0.15) is 17.5 Å². The average molecular weight is 386 g/mol. The predicted octanol–water partition coefficient (Wildman–Crippen LogP) is 2.22. The Labute approximate surface area is 162 Å². The molecule has 2 amide bonds. The number of hydrogen-bond acceptors (Lipinski definition) is 5. The van der Waals surface area contributed by atoms with Gasteiger partial charge in [-0.3, -0.25) is 14.4 Å². The minimum atomic E-state index is -1.12. The molecule has 0 aromatic heterocycles. The number of anilines is 1. The zero-order valence-corrected chi connectivity index (χ0v) is 15.8. The molecular weight excluding hydrogens is 364 g/mol. The third-order valence-corrected chi connectivity index (χ3v) is 3.89. The van der Waals surface area contributed by atoms with Gasteiger partial charge in [-0.2, -0.15) is 0 Å². The minimum absolute atomic E-state index is 0.176. The van der Waals surface area contributed by atoms with E-state index in [-0.39, 0.29) is 18.1 Å². The van der Waals surface area contributed by atoms with Crippen LogP contribution in [0.2, 0.25) is 0 Å². The molecule has 8 heteroatoms. The van der Waals surface area contributed by atoms with E-state index >= 15 is 0 Å². The topological polar surface area (TPSA) is 114 Å². The number of hydrogen-bond donors (Lipinski definition) is 3. The van der Waals surface area contributed by atoms with Crippen molar-refractivity contribution in [2.45, 2.75) is 19.9 Å². The molecule has 8 nitrogen and oxygen atoms in total. The Kier molecular flexibility index (Phi) is 6.97. The number of carbonyl (C=O) groups excluding carboxylic acids is 2. The summed E-state index contributed by atoms with van der Waals surface area (Å²) in [5, 5.41) is 13.8. The van der Waals surface area contributed by atoms with Crippen LogP contribution in [0.25, 0.3) is 0 Å². The molecule has 0 fully saturated rings. The van der Waals surface area contributed by atoms with Crippen molar-refractivity contribution < 1.29 is 29.0 Å². The quantitative estimate of drug-likeness (QED) is 0.641. The first-order chi connectivity index (χ1) is 13.3. The van der Waals surface area contributed by atoms with E-state index in [1.54, 1.807) is 37.4 Å². The van der Waals surface area contributed by atoms with Gasteiger partial charge < -0.3 is 25.2 Å². The maximum atomic E-state index is 12.0. The molecule has 0 saturated carbocycles. The SMILES string of the molecule is COc1ccc(OCC(=O)Nc2ccc(C(=O)NC(C)C(=O)O)cc2)cc1C. The first-order valence-corrected chi connectivity index (χ1v) is 8.51. The predicted molar refractivity (Wildman–Crippen MR) is 103 cm³/mol.